The molecule has 8 heteroatoms. The lowest BCUT2D eigenvalue weighted by molar-refractivity contribution is 0.102. The number of rotatable bonds is 3. The summed E-state index contributed by atoms with van der Waals surface area (Å²) in [6.07, 6.45) is 4.21. The Hall–Kier alpha value is -3.26. The highest BCUT2D eigenvalue weighted by Gasteiger charge is 2.15. The van der Waals surface area contributed by atoms with Crippen LogP contribution in [0.3, 0.4) is 0 Å². The van der Waals surface area contributed by atoms with Crippen molar-refractivity contribution in [3.63, 3.8) is 0 Å². The number of oxazole rings is 1. The summed E-state index contributed by atoms with van der Waals surface area (Å²) < 4.78 is 6.39. The van der Waals surface area contributed by atoms with Crippen LogP contribution in [0.15, 0.2) is 57.7 Å². The van der Waals surface area contributed by atoms with Gasteiger partial charge in [0.2, 0.25) is 0 Å². The van der Waals surface area contributed by atoms with Gasteiger partial charge in [-0.25, -0.2) is 9.97 Å². The number of anilines is 1. The topological polar surface area (TPSA) is 89.5 Å². The van der Waals surface area contributed by atoms with Crippen LogP contribution in [0.4, 0.5) is 5.69 Å². The molecule has 0 fully saturated rings. The molecule has 1 amide bonds. The third-order valence-corrected chi connectivity index (χ3v) is 4.69. The maximum atomic E-state index is 12.5. The Labute approximate surface area is 145 Å². The summed E-state index contributed by atoms with van der Waals surface area (Å²) in [5.41, 5.74) is 2.52. The molecule has 1 aromatic carbocycles. The molecule has 7 nitrogen and oxygen atoms in total. The second kappa shape index (κ2) is 5.99. The zero-order chi connectivity index (χ0) is 17.4. The molecule has 4 rings (SSSR count). The van der Waals surface area contributed by atoms with Gasteiger partial charge in [0, 0.05) is 28.5 Å². The average Bonchev–Trinajstić information content (AvgIpc) is 3.26. The van der Waals surface area contributed by atoms with E-state index in [1.807, 2.05) is 17.5 Å². The van der Waals surface area contributed by atoms with E-state index in [1.165, 1.54) is 28.3 Å². The largest absolute Gasteiger partial charge is 0.451 e. The Morgan fingerprint density at radius 3 is 2.76 bits per heavy atom. The van der Waals surface area contributed by atoms with Gasteiger partial charge in [-0.2, -0.15) is 0 Å². The van der Waals surface area contributed by atoms with Gasteiger partial charge in [0.1, 0.15) is 17.5 Å². The first-order valence-electron chi connectivity index (χ1n) is 7.39. The lowest BCUT2D eigenvalue weighted by atomic mass is 10.1. The van der Waals surface area contributed by atoms with E-state index in [-0.39, 0.29) is 11.1 Å². The minimum atomic E-state index is -0.494. The molecule has 0 spiro atoms. The average molecular weight is 352 g/mol. The number of thiazole rings is 1. The molecular weight excluding hydrogens is 340 g/mol. The monoisotopic (exact) mass is 352 g/mol. The SMILES string of the molecule is Cc1csc2ncc(C(=O)Nc3ccc(-c4cocn4)cc3)c(=O)n12. The zero-order valence-electron chi connectivity index (χ0n) is 13.1. The van der Waals surface area contributed by atoms with Crippen molar-refractivity contribution in [2.24, 2.45) is 0 Å². The van der Waals surface area contributed by atoms with Gasteiger partial charge < -0.3 is 9.73 Å². The highest BCUT2D eigenvalue weighted by Crippen LogP contribution is 2.20. The van der Waals surface area contributed by atoms with Crippen LogP contribution in [0.25, 0.3) is 16.2 Å². The molecule has 3 aromatic heterocycles. The fourth-order valence-electron chi connectivity index (χ4n) is 2.46. The van der Waals surface area contributed by atoms with E-state index in [9.17, 15) is 9.59 Å². The van der Waals surface area contributed by atoms with Crippen molar-refractivity contribution >= 4 is 27.9 Å². The third-order valence-electron chi connectivity index (χ3n) is 3.73. The van der Waals surface area contributed by atoms with Gasteiger partial charge in [-0.1, -0.05) is 12.1 Å². The minimum absolute atomic E-state index is 0.000391. The van der Waals surface area contributed by atoms with Gasteiger partial charge in [-0.3, -0.25) is 14.0 Å². The van der Waals surface area contributed by atoms with Crippen LogP contribution in [0.2, 0.25) is 0 Å². The number of carbonyl (C=O) groups is 1. The number of nitrogens with one attached hydrogen (secondary N) is 1. The predicted octanol–water partition coefficient (Wildman–Crippen LogP) is 2.97. The van der Waals surface area contributed by atoms with E-state index in [0.717, 1.165) is 11.3 Å². The fraction of sp³-hybridized carbons (Fsp3) is 0.0588. The van der Waals surface area contributed by atoms with Crippen molar-refractivity contribution in [2.75, 3.05) is 5.32 Å². The van der Waals surface area contributed by atoms with Crippen molar-refractivity contribution in [1.29, 1.82) is 0 Å². The first-order chi connectivity index (χ1) is 12.1. The molecular formula is C17H12N4O3S. The summed E-state index contributed by atoms with van der Waals surface area (Å²) in [5, 5.41) is 4.54. The number of fused-ring (bicyclic) bond motifs is 1. The minimum Gasteiger partial charge on any atom is -0.451 e. The van der Waals surface area contributed by atoms with Crippen LogP contribution in [0, 0.1) is 6.92 Å². The number of benzene rings is 1. The van der Waals surface area contributed by atoms with Crippen molar-refractivity contribution in [1.82, 2.24) is 14.4 Å². The normalized spacial score (nSPS) is 10.9. The summed E-state index contributed by atoms with van der Waals surface area (Å²) in [4.78, 5) is 33.7. The predicted molar refractivity (Wildman–Crippen MR) is 94.0 cm³/mol. The van der Waals surface area contributed by atoms with E-state index in [0.29, 0.717) is 16.3 Å². The smallest absolute Gasteiger partial charge is 0.271 e. The maximum Gasteiger partial charge on any atom is 0.271 e. The Balaban J connectivity index is 1.61. The van der Waals surface area contributed by atoms with E-state index >= 15 is 0 Å². The van der Waals surface area contributed by atoms with Gasteiger partial charge in [0.15, 0.2) is 11.4 Å². The Morgan fingerprint density at radius 2 is 2.04 bits per heavy atom. The van der Waals surface area contributed by atoms with Gasteiger partial charge in [0.25, 0.3) is 11.5 Å². The molecule has 3 heterocycles. The molecule has 0 atom stereocenters. The van der Waals surface area contributed by atoms with E-state index in [1.54, 1.807) is 25.3 Å². The lowest BCUT2D eigenvalue weighted by Gasteiger charge is -2.06. The molecule has 124 valence electrons. The second-order valence-corrected chi connectivity index (χ2v) is 6.21. The molecule has 0 bridgehead atoms. The first-order valence-corrected chi connectivity index (χ1v) is 8.27. The first kappa shape index (κ1) is 15.3. The summed E-state index contributed by atoms with van der Waals surface area (Å²) >= 11 is 1.36. The van der Waals surface area contributed by atoms with E-state index < -0.39 is 5.91 Å². The molecule has 0 saturated carbocycles. The van der Waals surface area contributed by atoms with Gasteiger partial charge in [0.05, 0.1) is 0 Å². The van der Waals surface area contributed by atoms with Crippen LogP contribution in [-0.2, 0) is 0 Å². The molecule has 1 N–H and O–H groups in total. The van der Waals surface area contributed by atoms with Gasteiger partial charge in [-0.15, -0.1) is 11.3 Å². The fourth-order valence-corrected chi connectivity index (χ4v) is 3.29. The van der Waals surface area contributed by atoms with Crippen molar-refractivity contribution in [2.45, 2.75) is 6.92 Å². The molecule has 0 radical (unpaired) electrons. The summed E-state index contributed by atoms with van der Waals surface area (Å²) in [6, 6.07) is 7.10. The van der Waals surface area contributed by atoms with Gasteiger partial charge in [-0.05, 0) is 19.1 Å². The molecule has 0 unspecified atom stereocenters. The van der Waals surface area contributed by atoms with E-state index in [2.05, 4.69) is 15.3 Å². The zero-order valence-corrected chi connectivity index (χ0v) is 13.9. The Bertz CT molecular complexity index is 1110. The van der Waals surface area contributed by atoms with Crippen LogP contribution < -0.4 is 10.9 Å². The molecule has 0 aliphatic carbocycles. The molecule has 4 aromatic rings. The number of hydrogen-bond donors (Lipinski definition) is 1. The Morgan fingerprint density at radius 1 is 1.24 bits per heavy atom. The van der Waals surface area contributed by atoms with Crippen molar-refractivity contribution in [3.8, 4) is 11.3 Å². The van der Waals surface area contributed by atoms with Gasteiger partial charge >= 0.3 is 0 Å². The maximum absolute atomic E-state index is 12.5. The van der Waals surface area contributed by atoms with Crippen molar-refractivity contribution in [3.05, 3.63) is 70.1 Å². The molecule has 0 aliphatic rings. The standard InChI is InChI=1S/C17H12N4O3S/c1-10-8-25-17-18-6-13(16(23)21(10)17)15(22)20-12-4-2-11(3-5-12)14-7-24-9-19-14/h2-9H,1H3,(H,20,22). The highest BCUT2D eigenvalue weighted by molar-refractivity contribution is 7.15. The lowest BCUT2D eigenvalue weighted by Crippen LogP contribution is -2.26. The summed E-state index contributed by atoms with van der Waals surface area (Å²) in [7, 11) is 0. The number of hydrogen-bond acceptors (Lipinski definition) is 6. The number of aromatic nitrogens is 3. The molecule has 0 aliphatic heterocycles. The highest BCUT2D eigenvalue weighted by atomic mass is 32.1. The van der Waals surface area contributed by atoms with E-state index in [4.69, 9.17) is 4.42 Å². The number of aryl methyl sites for hydroxylation is 1. The third kappa shape index (κ3) is 2.72. The van der Waals surface area contributed by atoms with Crippen molar-refractivity contribution < 1.29 is 9.21 Å². The van der Waals surface area contributed by atoms with Crippen LogP contribution in [0.5, 0.6) is 0 Å². The Kier molecular flexibility index (Phi) is 3.66. The number of carbonyl (C=O) groups excluding carboxylic acids is 1. The second-order valence-electron chi connectivity index (χ2n) is 5.38. The van der Waals surface area contributed by atoms with Crippen LogP contribution in [-0.4, -0.2) is 20.3 Å². The quantitative estimate of drug-likeness (QED) is 0.612. The molecule has 0 saturated heterocycles. The number of nitrogens with zero attached hydrogens (tertiary/aromatic N) is 3. The summed E-state index contributed by atoms with van der Waals surface area (Å²) in [5.74, 6) is -0.494. The van der Waals surface area contributed by atoms with Crippen LogP contribution >= 0.6 is 11.3 Å². The molecule has 25 heavy (non-hydrogen) atoms. The summed E-state index contributed by atoms with van der Waals surface area (Å²) in [6.45, 7) is 1.80. The van der Waals surface area contributed by atoms with Crippen LogP contribution in [0.1, 0.15) is 16.1 Å². The number of amides is 1.